The van der Waals surface area contributed by atoms with Crippen molar-refractivity contribution < 1.29 is 19.2 Å². The number of rotatable bonds is 5. The highest BCUT2D eigenvalue weighted by molar-refractivity contribution is 5.96. The van der Waals surface area contributed by atoms with Crippen molar-refractivity contribution in [2.75, 3.05) is 19.7 Å². The second-order valence-corrected chi connectivity index (χ2v) is 7.63. The molecule has 1 aliphatic heterocycles. The van der Waals surface area contributed by atoms with Crippen LogP contribution in [0.3, 0.4) is 0 Å². The molecule has 0 aliphatic carbocycles. The predicted octanol–water partition coefficient (Wildman–Crippen LogP) is 3.54. The van der Waals surface area contributed by atoms with Crippen molar-refractivity contribution in [1.29, 1.82) is 0 Å². The summed E-state index contributed by atoms with van der Waals surface area (Å²) in [5.74, 6) is 1.34. The molecule has 3 rings (SSSR count). The number of carbonyl (C=O) groups excluding carboxylic acids is 1. The summed E-state index contributed by atoms with van der Waals surface area (Å²) in [6, 6.07) is 9.48. The maximum atomic E-state index is 13.1. The summed E-state index contributed by atoms with van der Waals surface area (Å²) in [5.41, 5.74) is 0.329. The Kier molecular flexibility index (Phi) is 5.85. The summed E-state index contributed by atoms with van der Waals surface area (Å²) in [5, 5.41) is 15.0. The lowest BCUT2D eigenvalue weighted by atomic mass is 9.96. The quantitative estimate of drug-likeness (QED) is 0.869. The number of para-hydroxylation sites is 1. The summed E-state index contributed by atoms with van der Waals surface area (Å²) >= 11 is 0. The maximum absolute atomic E-state index is 13.1. The molecule has 1 fully saturated rings. The van der Waals surface area contributed by atoms with Crippen LogP contribution in [0.2, 0.25) is 0 Å². The number of aryl methyl sites for hydroxylation is 1. The summed E-state index contributed by atoms with van der Waals surface area (Å²) in [7, 11) is 0. The number of aliphatic hydroxyl groups is 1. The third-order valence-corrected chi connectivity index (χ3v) is 5.11. The Morgan fingerprint density at radius 2 is 2.04 bits per heavy atom. The van der Waals surface area contributed by atoms with Gasteiger partial charge in [0.25, 0.3) is 5.91 Å². The van der Waals surface area contributed by atoms with Gasteiger partial charge in [-0.15, -0.1) is 0 Å². The van der Waals surface area contributed by atoms with Crippen molar-refractivity contribution in [2.24, 2.45) is 0 Å². The summed E-state index contributed by atoms with van der Waals surface area (Å²) in [6.07, 6.45) is 1.80. The van der Waals surface area contributed by atoms with Crippen molar-refractivity contribution >= 4 is 5.91 Å². The lowest BCUT2D eigenvalue weighted by molar-refractivity contribution is -0.0163. The molecule has 1 amide bonds. The molecular formula is C21H28N2O4. The number of amides is 1. The highest BCUT2D eigenvalue weighted by atomic mass is 16.5. The van der Waals surface area contributed by atoms with Crippen LogP contribution in [-0.4, -0.2) is 46.4 Å². The molecule has 2 aromatic rings. The average Bonchev–Trinajstić information content (AvgIpc) is 2.94. The SMILES string of the molecule is Cc1onc(C(C)C)c1C(=O)N1CCCC(O)(COc2ccccc2)CC1. The van der Waals surface area contributed by atoms with Gasteiger partial charge in [-0.05, 0) is 44.2 Å². The van der Waals surface area contributed by atoms with E-state index in [1.807, 2.05) is 44.2 Å². The molecule has 2 heterocycles. The molecule has 6 nitrogen and oxygen atoms in total. The van der Waals surface area contributed by atoms with E-state index < -0.39 is 5.60 Å². The standard InChI is InChI=1S/C21H28N2O4/c1-15(2)19-18(16(3)27-22-19)20(24)23-12-7-10-21(25,11-13-23)14-26-17-8-5-4-6-9-17/h4-6,8-9,15,25H,7,10-14H2,1-3H3. The molecule has 1 aliphatic rings. The number of nitrogens with zero attached hydrogens (tertiary/aromatic N) is 2. The Morgan fingerprint density at radius 1 is 1.30 bits per heavy atom. The number of hydrogen-bond donors (Lipinski definition) is 1. The topological polar surface area (TPSA) is 75.8 Å². The van der Waals surface area contributed by atoms with E-state index in [2.05, 4.69) is 5.16 Å². The molecule has 27 heavy (non-hydrogen) atoms. The van der Waals surface area contributed by atoms with Crippen molar-refractivity contribution in [2.45, 2.75) is 51.6 Å². The van der Waals surface area contributed by atoms with E-state index in [-0.39, 0.29) is 18.4 Å². The molecule has 1 unspecified atom stereocenters. The first-order valence-corrected chi connectivity index (χ1v) is 9.55. The lowest BCUT2D eigenvalue weighted by Crippen LogP contribution is -2.38. The van der Waals surface area contributed by atoms with Crippen LogP contribution in [0.1, 0.15) is 60.8 Å². The molecule has 1 saturated heterocycles. The molecule has 1 N–H and O–H groups in total. The van der Waals surface area contributed by atoms with E-state index in [1.54, 1.807) is 11.8 Å². The third kappa shape index (κ3) is 4.50. The second-order valence-electron chi connectivity index (χ2n) is 7.63. The van der Waals surface area contributed by atoms with Crippen LogP contribution in [0.15, 0.2) is 34.9 Å². The zero-order valence-corrected chi connectivity index (χ0v) is 16.3. The Hall–Kier alpha value is -2.34. The van der Waals surface area contributed by atoms with Crippen LogP contribution < -0.4 is 4.74 Å². The van der Waals surface area contributed by atoms with Gasteiger partial charge in [0.1, 0.15) is 29.3 Å². The molecule has 0 bridgehead atoms. The minimum absolute atomic E-state index is 0.0642. The first-order chi connectivity index (χ1) is 12.9. The van der Waals surface area contributed by atoms with Crippen LogP contribution in [-0.2, 0) is 0 Å². The zero-order valence-electron chi connectivity index (χ0n) is 16.3. The van der Waals surface area contributed by atoms with E-state index in [1.165, 1.54) is 0 Å². The van der Waals surface area contributed by atoms with Crippen molar-refractivity contribution in [3.63, 3.8) is 0 Å². The van der Waals surface area contributed by atoms with Gasteiger partial charge >= 0.3 is 0 Å². The van der Waals surface area contributed by atoms with Crippen molar-refractivity contribution in [1.82, 2.24) is 10.1 Å². The van der Waals surface area contributed by atoms with Gasteiger partial charge in [-0.25, -0.2) is 0 Å². The van der Waals surface area contributed by atoms with Crippen LogP contribution in [0, 0.1) is 6.92 Å². The van der Waals surface area contributed by atoms with Gasteiger partial charge in [0.2, 0.25) is 0 Å². The maximum Gasteiger partial charge on any atom is 0.259 e. The predicted molar refractivity (Wildman–Crippen MR) is 102 cm³/mol. The minimum Gasteiger partial charge on any atom is -0.491 e. The number of carbonyl (C=O) groups is 1. The number of aromatic nitrogens is 1. The van der Waals surface area contributed by atoms with Gasteiger partial charge in [0.05, 0.1) is 5.69 Å². The molecule has 0 radical (unpaired) electrons. The third-order valence-electron chi connectivity index (χ3n) is 5.11. The second kappa shape index (κ2) is 8.13. The fraction of sp³-hybridized carbons (Fsp3) is 0.524. The molecule has 146 valence electrons. The van der Waals surface area contributed by atoms with Crippen molar-refractivity contribution in [3.05, 3.63) is 47.3 Å². The van der Waals surface area contributed by atoms with E-state index >= 15 is 0 Å². The van der Waals surface area contributed by atoms with Gasteiger partial charge < -0.3 is 19.3 Å². The van der Waals surface area contributed by atoms with Crippen LogP contribution in [0.25, 0.3) is 0 Å². The normalized spacial score (nSPS) is 20.6. The fourth-order valence-electron chi connectivity index (χ4n) is 3.46. The number of likely N-dealkylation sites (tertiary alicyclic amines) is 1. The van der Waals surface area contributed by atoms with Crippen LogP contribution >= 0.6 is 0 Å². The summed E-state index contributed by atoms with van der Waals surface area (Å²) in [4.78, 5) is 14.9. The smallest absolute Gasteiger partial charge is 0.259 e. The van der Waals surface area contributed by atoms with Gasteiger partial charge in [0, 0.05) is 13.1 Å². The molecule has 1 aromatic heterocycles. The number of benzene rings is 1. The lowest BCUT2D eigenvalue weighted by Gasteiger charge is -2.27. The molecule has 1 atom stereocenters. The van der Waals surface area contributed by atoms with E-state index in [0.29, 0.717) is 42.9 Å². The Balaban J connectivity index is 1.66. The zero-order chi connectivity index (χ0) is 19.4. The molecule has 6 heteroatoms. The Bertz CT molecular complexity index is 772. The monoisotopic (exact) mass is 372 g/mol. The van der Waals surface area contributed by atoms with Gasteiger partial charge in [-0.3, -0.25) is 4.79 Å². The first kappa shape index (κ1) is 19.4. The first-order valence-electron chi connectivity index (χ1n) is 9.55. The Morgan fingerprint density at radius 3 is 2.74 bits per heavy atom. The number of hydrogen-bond acceptors (Lipinski definition) is 5. The van der Waals surface area contributed by atoms with Gasteiger partial charge in [0.15, 0.2) is 0 Å². The van der Waals surface area contributed by atoms with Crippen molar-refractivity contribution in [3.8, 4) is 5.75 Å². The summed E-state index contributed by atoms with van der Waals surface area (Å²) in [6.45, 7) is 7.08. The largest absolute Gasteiger partial charge is 0.491 e. The molecule has 0 spiro atoms. The molecular weight excluding hydrogens is 344 g/mol. The highest BCUT2D eigenvalue weighted by Gasteiger charge is 2.34. The van der Waals surface area contributed by atoms with Gasteiger partial charge in [-0.2, -0.15) is 0 Å². The van der Waals surface area contributed by atoms with E-state index in [0.717, 1.165) is 12.2 Å². The van der Waals surface area contributed by atoms with Crippen LogP contribution in [0.5, 0.6) is 5.75 Å². The molecule has 0 saturated carbocycles. The minimum atomic E-state index is -0.935. The Labute approximate surface area is 160 Å². The van der Waals surface area contributed by atoms with Gasteiger partial charge in [-0.1, -0.05) is 37.2 Å². The number of ether oxygens (including phenoxy) is 1. The van der Waals surface area contributed by atoms with E-state index in [4.69, 9.17) is 9.26 Å². The van der Waals surface area contributed by atoms with Crippen LogP contribution in [0.4, 0.5) is 0 Å². The van der Waals surface area contributed by atoms with E-state index in [9.17, 15) is 9.90 Å². The summed E-state index contributed by atoms with van der Waals surface area (Å²) < 4.78 is 11.0. The average molecular weight is 372 g/mol. The molecule has 1 aromatic carbocycles. The fourth-order valence-corrected chi connectivity index (χ4v) is 3.46. The highest BCUT2D eigenvalue weighted by Crippen LogP contribution is 2.27.